The van der Waals surface area contributed by atoms with Gasteiger partial charge in [-0.25, -0.2) is 9.78 Å². The van der Waals surface area contributed by atoms with Gasteiger partial charge in [-0.3, -0.25) is 10.1 Å². The Morgan fingerprint density at radius 2 is 2.08 bits per heavy atom. The molecule has 6 nitrogen and oxygen atoms in total. The molecular formula is C16H17ClN2O4S. The molecule has 0 saturated heterocycles. The molecule has 1 aromatic carbocycles. The molecule has 0 spiro atoms. The molecule has 0 bridgehead atoms. The van der Waals surface area contributed by atoms with Crippen LogP contribution in [0.25, 0.3) is 0 Å². The van der Waals surface area contributed by atoms with Gasteiger partial charge in [0.25, 0.3) is 5.91 Å². The van der Waals surface area contributed by atoms with Crippen LogP contribution in [0.5, 0.6) is 5.75 Å². The summed E-state index contributed by atoms with van der Waals surface area (Å²) in [5, 5.41) is 3.57. The summed E-state index contributed by atoms with van der Waals surface area (Å²) >= 11 is 7.01. The van der Waals surface area contributed by atoms with Gasteiger partial charge in [0.05, 0.1) is 12.3 Å². The summed E-state index contributed by atoms with van der Waals surface area (Å²) in [5.74, 6) is -0.262. The van der Waals surface area contributed by atoms with E-state index in [1.807, 2.05) is 6.92 Å². The van der Waals surface area contributed by atoms with Gasteiger partial charge in [0.1, 0.15) is 10.6 Å². The molecule has 8 heteroatoms. The molecule has 2 aromatic rings. The van der Waals surface area contributed by atoms with Crippen LogP contribution in [-0.4, -0.2) is 30.1 Å². The van der Waals surface area contributed by atoms with Crippen LogP contribution >= 0.6 is 22.9 Å². The second kappa shape index (κ2) is 8.12. The number of thiazole rings is 1. The lowest BCUT2D eigenvalue weighted by atomic mass is 10.2. The largest absolute Gasteiger partial charge is 0.484 e. The Morgan fingerprint density at radius 1 is 1.33 bits per heavy atom. The fraction of sp³-hybridized carbons (Fsp3) is 0.312. The highest BCUT2D eigenvalue weighted by Gasteiger charge is 2.17. The van der Waals surface area contributed by atoms with Gasteiger partial charge >= 0.3 is 5.97 Å². The Hall–Kier alpha value is -2.12. The van der Waals surface area contributed by atoms with Crippen molar-refractivity contribution in [3.63, 3.8) is 0 Å². The molecular weight excluding hydrogens is 352 g/mol. The summed E-state index contributed by atoms with van der Waals surface area (Å²) in [6.45, 7) is 5.38. The fourth-order valence-corrected chi connectivity index (χ4v) is 2.84. The van der Waals surface area contributed by atoms with E-state index in [9.17, 15) is 9.59 Å². The quantitative estimate of drug-likeness (QED) is 0.788. The lowest BCUT2D eigenvalue weighted by molar-refractivity contribution is -0.118. The molecule has 2 rings (SSSR count). The van der Waals surface area contributed by atoms with Crippen LogP contribution in [0.4, 0.5) is 5.13 Å². The molecule has 0 saturated carbocycles. The third-order valence-corrected chi connectivity index (χ3v) is 4.48. The van der Waals surface area contributed by atoms with E-state index in [1.54, 1.807) is 32.0 Å². The number of rotatable bonds is 6. The summed E-state index contributed by atoms with van der Waals surface area (Å²) < 4.78 is 10.3. The van der Waals surface area contributed by atoms with Gasteiger partial charge in [0, 0.05) is 5.02 Å². The Labute approximate surface area is 148 Å². The second-order valence-corrected chi connectivity index (χ2v) is 6.31. The van der Waals surface area contributed by atoms with Crippen molar-refractivity contribution in [3.05, 3.63) is 39.4 Å². The Kier molecular flexibility index (Phi) is 6.16. The number of aromatic nitrogens is 1. The van der Waals surface area contributed by atoms with E-state index in [2.05, 4.69) is 10.3 Å². The maximum absolute atomic E-state index is 11.9. The molecule has 24 heavy (non-hydrogen) atoms. The van der Waals surface area contributed by atoms with Crippen molar-refractivity contribution < 1.29 is 19.1 Å². The molecule has 0 fully saturated rings. The summed E-state index contributed by atoms with van der Waals surface area (Å²) in [6.07, 6.45) is 0. The Balaban J connectivity index is 1.93. The first-order valence-electron chi connectivity index (χ1n) is 7.24. The van der Waals surface area contributed by atoms with Crippen LogP contribution in [0.1, 0.15) is 27.9 Å². The maximum atomic E-state index is 11.9. The topological polar surface area (TPSA) is 77.5 Å². The van der Waals surface area contributed by atoms with Gasteiger partial charge in [-0.1, -0.05) is 22.9 Å². The van der Waals surface area contributed by atoms with E-state index in [0.29, 0.717) is 26.5 Å². The number of esters is 1. The first-order chi connectivity index (χ1) is 11.4. The van der Waals surface area contributed by atoms with Crippen molar-refractivity contribution in [1.29, 1.82) is 0 Å². The minimum Gasteiger partial charge on any atom is -0.484 e. The van der Waals surface area contributed by atoms with Gasteiger partial charge in [0.15, 0.2) is 11.7 Å². The van der Waals surface area contributed by atoms with Gasteiger partial charge in [-0.05, 0) is 44.5 Å². The van der Waals surface area contributed by atoms with Crippen molar-refractivity contribution in [2.75, 3.05) is 18.5 Å². The van der Waals surface area contributed by atoms with Crippen LogP contribution in [0, 0.1) is 13.8 Å². The summed E-state index contributed by atoms with van der Waals surface area (Å²) in [7, 11) is 0. The van der Waals surface area contributed by atoms with E-state index in [0.717, 1.165) is 16.9 Å². The van der Waals surface area contributed by atoms with E-state index >= 15 is 0 Å². The molecule has 0 atom stereocenters. The minimum absolute atomic E-state index is 0.172. The molecule has 0 radical (unpaired) electrons. The maximum Gasteiger partial charge on any atom is 0.350 e. The predicted molar refractivity (Wildman–Crippen MR) is 93.1 cm³/mol. The van der Waals surface area contributed by atoms with E-state index in [4.69, 9.17) is 21.1 Å². The zero-order valence-corrected chi connectivity index (χ0v) is 15.1. The first-order valence-corrected chi connectivity index (χ1v) is 8.43. The highest BCUT2D eigenvalue weighted by molar-refractivity contribution is 7.17. The molecule has 1 amide bonds. The van der Waals surface area contributed by atoms with E-state index < -0.39 is 5.97 Å². The Morgan fingerprint density at radius 3 is 2.75 bits per heavy atom. The fourth-order valence-electron chi connectivity index (χ4n) is 1.85. The van der Waals surface area contributed by atoms with E-state index in [-0.39, 0.29) is 19.1 Å². The van der Waals surface area contributed by atoms with Gasteiger partial charge in [-0.15, -0.1) is 0 Å². The van der Waals surface area contributed by atoms with Crippen LogP contribution in [-0.2, 0) is 9.53 Å². The van der Waals surface area contributed by atoms with Crippen LogP contribution in [0.3, 0.4) is 0 Å². The lowest BCUT2D eigenvalue weighted by Gasteiger charge is -2.07. The summed E-state index contributed by atoms with van der Waals surface area (Å²) in [5.41, 5.74) is 1.38. The monoisotopic (exact) mass is 368 g/mol. The number of carbonyl (C=O) groups excluding carboxylic acids is 2. The molecule has 1 aromatic heterocycles. The average molecular weight is 369 g/mol. The van der Waals surface area contributed by atoms with Crippen molar-refractivity contribution in [2.24, 2.45) is 0 Å². The third-order valence-electron chi connectivity index (χ3n) is 3.00. The molecule has 1 heterocycles. The number of amides is 1. The number of nitrogens with zero attached hydrogens (tertiary/aromatic N) is 1. The zero-order valence-electron chi connectivity index (χ0n) is 13.5. The molecule has 0 aliphatic carbocycles. The van der Waals surface area contributed by atoms with Crippen molar-refractivity contribution in [2.45, 2.75) is 20.8 Å². The highest BCUT2D eigenvalue weighted by Crippen LogP contribution is 2.24. The highest BCUT2D eigenvalue weighted by atomic mass is 35.5. The number of anilines is 1. The van der Waals surface area contributed by atoms with Crippen LogP contribution in [0.2, 0.25) is 5.02 Å². The Bertz CT molecular complexity index is 761. The average Bonchev–Trinajstić information content (AvgIpc) is 2.89. The molecule has 1 N–H and O–H groups in total. The molecule has 0 unspecified atom stereocenters. The van der Waals surface area contributed by atoms with Crippen LogP contribution < -0.4 is 10.1 Å². The SMILES string of the molecule is CCOC(=O)c1sc(NC(=O)COc2ccc(Cl)c(C)c2)nc1C. The van der Waals surface area contributed by atoms with Crippen molar-refractivity contribution in [1.82, 2.24) is 4.98 Å². The number of ether oxygens (including phenoxy) is 2. The van der Waals surface area contributed by atoms with Gasteiger partial charge in [-0.2, -0.15) is 0 Å². The smallest absolute Gasteiger partial charge is 0.350 e. The van der Waals surface area contributed by atoms with Crippen molar-refractivity contribution in [3.8, 4) is 5.75 Å². The second-order valence-electron chi connectivity index (χ2n) is 4.90. The number of hydrogen-bond acceptors (Lipinski definition) is 6. The molecule has 128 valence electrons. The number of halogens is 1. The normalized spacial score (nSPS) is 10.3. The number of aryl methyl sites for hydroxylation is 2. The zero-order chi connectivity index (χ0) is 17.7. The third kappa shape index (κ3) is 4.69. The summed E-state index contributed by atoms with van der Waals surface area (Å²) in [4.78, 5) is 28.2. The van der Waals surface area contributed by atoms with E-state index in [1.165, 1.54) is 0 Å². The number of benzene rings is 1. The summed E-state index contributed by atoms with van der Waals surface area (Å²) in [6, 6.07) is 5.15. The standard InChI is InChI=1S/C16H17ClN2O4S/c1-4-22-15(21)14-10(3)18-16(24-14)19-13(20)8-23-11-5-6-12(17)9(2)7-11/h5-7H,4,8H2,1-3H3,(H,18,19,20). The molecule has 0 aliphatic heterocycles. The number of hydrogen-bond donors (Lipinski definition) is 1. The van der Waals surface area contributed by atoms with Gasteiger partial charge < -0.3 is 9.47 Å². The predicted octanol–water partition coefficient (Wildman–Crippen LogP) is 3.61. The van der Waals surface area contributed by atoms with Gasteiger partial charge in [0.2, 0.25) is 0 Å². The first kappa shape index (κ1) is 18.2. The van der Waals surface area contributed by atoms with Crippen molar-refractivity contribution >= 4 is 39.9 Å². The lowest BCUT2D eigenvalue weighted by Crippen LogP contribution is -2.20. The minimum atomic E-state index is -0.444. The molecule has 0 aliphatic rings. The number of nitrogens with one attached hydrogen (secondary N) is 1. The van der Waals surface area contributed by atoms with Crippen LogP contribution in [0.15, 0.2) is 18.2 Å². The number of carbonyl (C=O) groups is 2.